The Bertz CT molecular complexity index is 596. The molecule has 1 aromatic heterocycles. The third kappa shape index (κ3) is 4.58. The number of carbonyl (C=O) groups excluding carboxylic acids is 2. The molecule has 0 bridgehead atoms. The van der Waals surface area contributed by atoms with Crippen molar-refractivity contribution in [2.45, 2.75) is 26.3 Å². The van der Waals surface area contributed by atoms with Gasteiger partial charge in [-0.05, 0) is 32.9 Å². The third-order valence-electron chi connectivity index (χ3n) is 4.81. The smallest absolute Gasteiger partial charge is 0.249 e. The lowest BCUT2D eigenvalue weighted by Gasteiger charge is -2.40. The van der Waals surface area contributed by atoms with Crippen LogP contribution in [-0.4, -0.2) is 96.7 Å². The predicted molar refractivity (Wildman–Crippen MR) is 94.3 cm³/mol. The van der Waals surface area contributed by atoms with Crippen molar-refractivity contribution in [3.63, 3.8) is 0 Å². The van der Waals surface area contributed by atoms with Crippen LogP contribution >= 0.6 is 0 Å². The lowest BCUT2D eigenvalue weighted by atomic mass is 10.1. The molecule has 0 radical (unpaired) electrons. The normalized spacial score (nSPS) is 18.4. The molecule has 1 aromatic rings. The van der Waals surface area contributed by atoms with Gasteiger partial charge in [0.15, 0.2) is 0 Å². The van der Waals surface area contributed by atoms with E-state index in [9.17, 15) is 9.59 Å². The van der Waals surface area contributed by atoms with Gasteiger partial charge >= 0.3 is 0 Å². The monoisotopic (exact) mass is 351 g/mol. The Hall–Kier alpha value is -1.93. The minimum absolute atomic E-state index is 0.00458. The van der Waals surface area contributed by atoms with Gasteiger partial charge in [-0.2, -0.15) is 5.10 Å². The molecule has 1 unspecified atom stereocenters. The Labute approximate surface area is 149 Å². The molecule has 140 valence electrons. The lowest BCUT2D eigenvalue weighted by Crippen LogP contribution is -2.60. The van der Waals surface area contributed by atoms with Gasteiger partial charge in [0.2, 0.25) is 11.8 Å². The number of carbonyl (C=O) groups is 2. The molecule has 1 N–H and O–H groups in total. The fourth-order valence-electron chi connectivity index (χ4n) is 3.22. The molecular formula is C17H29N5O3. The van der Waals surface area contributed by atoms with Gasteiger partial charge in [0.05, 0.1) is 5.69 Å². The maximum absolute atomic E-state index is 12.9. The van der Waals surface area contributed by atoms with Crippen LogP contribution in [0.25, 0.3) is 0 Å². The number of H-pyrrole nitrogens is 1. The largest absolute Gasteiger partial charge is 0.375 e. The highest BCUT2D eigenvalue weighted by Crippen LogP contribution is 2.14. The van der Waals surface area contributed by atoms with Crippen molar-refractivity contribution in [2.24, 2.45) is 0 Å². The summed E-state index contributed by atoms with van der Waals surface area (Å²) >= 11 is 0. The molecule has 2 heterocycles. The van der Waals surface area contributed by atoms with E-state index in [1.54, 1.807) is 16.8 Å². The van der Waals surface area contributed by atoms with Crippen LogP contribution in [0, 0.1) is 13.8 Å². The number of aromatic amines is 1. The fourth-order valence-corrected chi connectivity index (χ4v) is 3.22. The fraction of sp³-hybridized carbons (Fsp3) is 0.706. The van der Waals surface area contributed by atoms with Crippen LogP contribution in [-0.2, 0) is 20.7 Å². The standard InChI is InChI=1S/C17H29N5O3/c1-12-14(13(2)19-18-12)6-7-21(4)17(24)15-10-20(3)8-9-22(15)16(23)11-25-5/h15H,6-11H2,1-5H3,(H,18,19). The van der Waals surface area contributed by atoms with Crippen molar-refractivity contribution in [2.75, 3.05) is 54.0 Å². The van der Waals surface area contributed by atoms with E-state index in [0.717, 1.165) is 29.9 Å². The Morgan fingerprint density at radius 2 is 2.08 bits per heavy atom. The van der Waals surface area contributed by atoms with Gasteiger partial charge in [-0.15, -0.1) is 0 Å². The predicted octanol–water partition coefficient (Wildman–Crippen LogP) is -0.184. The number of likely N-dealkylation sites (N-methyl/N-ethyl adjacent to an activating group) is 2. The van der Waals surface area contributed by atoms with Crippen molar-refractivity contribution >= 4 is 11.8 Å². The molecule has 0 aromatic carbocycles. The first-order chi connectivity index (χ1) is 11.8. The van der Waals surface area contributed by atoms with E-state index in [4.69, 9.17) is 4.74 Å². The second-order valence-corrected chi connectivity index (χ2v) is 6.72. The Balaban J connectivity index is 2.03. The van der Waals surface area contributed by atoms with Gasteiger partial charge in [0, 0.05) is 46.0 Å². The van der Waals surface area contributed by atoms with Crippen molar-refractivity contribution in [3.8, 4) is 0 Å². The van der Waals surface area contributed by atoms with Crippen LogP contribution < -0.4 is 0 Å². The number of piperazine rings is 1. The molecule has 1 atom stereocenters. The number of methoxy groups -OCH3 is 1. The molecule has 0 aliphatic carbocycles. The summed E-state index contributed by atoms with van der Waals surface area (Å²) in [6, 6.07) is -0.460. The van der Waals surface area contributed by atoms with Crippen LogP contribution in [0.15, 0.2) is 0 Å². The molecule has 0 spiro atoms. The number of aromatic nitrogens is 2. The van der Waals surface area contributed by atoms with Gasteiger partial charge in [-0.1, -0.05) is 0 Å². The van der Waals surface area contributed by atoms with E-state index in [1.807, 2.05) is 20.9 Å². The molecule has 1 saturated heterocycles. The van der Waals surface area contributed by atoms with Crippen LogP contribution in [0.2, 0.25) is 0 Å². The zero-order valence-corrected chi connectivity index (χ0v) is 15.8. The Kier molecular flexibility index (Phi) is 6.55. The Morgan fingerprint density at radius 3 is 2.68 bits per heavy atom. The zero-order valence-electron chi connectivity index (χ0n) is 15.8. The number of nitrogens with zero attached hydrogens (tertiary/aromatic N) is 4. The summed E-state index contributed by atoms with van der Waals surface area (Å²) in [5, 5.41) is 7.16. The summed E-state index contributed by atoms with van der Waals surface area (Å²) in [5.74, 6) is -0.168. The summed E-state index contributed by atoms with van der Waals surface area (Å²) in [7, 11) is 5.25. The number of ether oxygens (including phenoxy) is 1. The van der Waals surface area contributed by atoms with Crippen molar-refractivity contribution in [1.29, 1.82) is 0 Å². The summed E-state index contributed by atoms with van der Waals surface area (Å²) in [4.78, 5) is 30.6. The molecule has 2 rings (SSSR count). The molecule has 2 amide bonds. The summed E-state index contributed by atoms with van der Waals surface area (Å²) in [6.07, 6.45) is 0.741. The van der Waals surface area contributed by atoms with Crippen LogP contribution in [0.1, 0.15) is 17.0 Å². The summed E-state index contributed by atoms with van der Waals surface area (Å²) < 4.78 is 4.95. The molecule has 0 saturated carbocycles. The second kappa shape index (κ2) is 8.44. The number of nitrogens with one attached hydrogen (secondary N) is 1. The highest BCUT2D eigenvalue weighted by atomic mass is 16.5. The molecule has 25 heavy (non-hydrogen) atoms. The van der Waals surface area contributed by atoms with Gasteiger partial charge in [0.1, 0.15) is 12.6 Å². The summed E-state index contributed by atoms with van der Waals surface area (Å²) in [5.41, 5.74) is 3.15. The number of aryl methyl sites for hydroxylation is 2. The summed E-state index contributed by atoms with van der Waals surface area (Å²) in [6.45, 7) is 6.39. The quantitative estimate of drug-likeness (QED) is 0.769. The Morgan fingerprint density at radius 1 is 1.36 bits per heavy atom. The van der Waals surface area contributed by atoms with E-state index < -0.39 is 6.04 Å². The van der Waals surface area contributed by atoms with Gasteiger partial charge in [0.25, 0.3) is 0 Å². The highest BCUT2D eigenvalue weighted by molar-refractivity contribution is 5.88. The SMILES string of the molecule is COCC(=O)N1CCN(C)CC1C(=O)N(C)CCc1c(C)n[nH]c1C. The van der Waals surface area contributed by atoms with Crippen LogP contribution in [0.5, 0.6) is 0 Å². The van der Waals surface area contributed by atoms with Crippen LogP contribution in [0.4, 0.5) is 0 Å². The molecule has 8 nitrogen and oxygen atoms in total. The molecule has 1 aliphatic heterocycles. The van der Waals surface area contributed by atoms with Crippen molar-refractivity contribution in [3.05, 3.63) is 17.0 Å². The van der Waals surface area contributed by atoms with E-state index in [0.29, 0.717) is 19.6 Å². The van der Waals surface area contributed by atoms with Crippen molar-refractivity contribution in [1.82, 2.24) is 24.9 Å². The maximum atomic E-state index is 12.9. The number of hydrogen-bond acceptors (Lipinski definition) is 5. The van der Waals surface area contributed by atoms with E-state index in [2.05, 4.69) is 15.1 Å². The number of amides is 2. The van der Waals surface area contributed by atoms with Gasteiger partial charge in [-0.3, -0.25) is 14.7 Å². The first-order valence-electron chi connectivity index (χ1n) is 8.57. The minimum Gasteiger partial charge on any atom is -0.375 e. The topological polar surface area (TPSA) is 81.8 Å². The average molecular weight is 351 g/mol. The maximum Gasteiger partial charge on any atom is 0.249 e. The van der Waals surface area contributed by atoms with Gasteiger partial charge < -0.3 is 19.4 Å². The molecule has 1 aliphatic rings. The van der Waals surface area contributed by atoms with E-state index >= 15 is 0 Å². The van der Waals surface area contributed by atoms with Gasteiger partial charge in [-0.25, -0.2) is 0 Å². The lowest BCUT2D eigenvalue weighted by molar-refractivity contribution is -0.150. The first-order valence-corrected chi connectivity index (χ1v) is 8.57. The number of rotatable bonds is 6. The molecular weight excluding hydrogens is 322 g/mol. The minimum atomic E-state index is -0.460. The first kappa shape index (κ1) is 19.4. The average Bonchev–Trinajstić information content (AvgIpc) is 2.90. The second-order valence-electron chi connectivity index (χ2n) is 6.72. The zero-order chi connectivity index (χ0) is 18.6. The van der Waals surface area contributed by atoms with E-state index in [1.165, 1.54) is 7.11 Å². The molecule has 1 fully saturated rings. The molecule has 8 heteroatoms. The highest BCUT2D eigenvalue weighted by Gasteiger charge is 2.35. The number of hydrogen-bond donors (Lipinski definition) is 1. The third-order valence-corrected chi connectivity index (χ3v) is 4.81. The van der Waals surface area contributed by atoms with Crippen molar-refractivity contribution < 1.29 is 14.3 Å². The van der Waals surface area contributed by atoms with Crippen LogP contribution in [0.3, 0.4) is 0 Å². The van der Waals surface area contributed by atoms with E-state index in [-0.39, 0.29) is 18.4 Å².